The van der Waals surface area contributed by atoms with Gasteiger partial charge >= 0.3 is 0 Å². The Morgan fingerprint density at radius 3 is 2.78 bits per heavy atom. The number of halogens is 1. The number of hydrogen-bond acceptors (Lipinski definition) is 4. The van der Waals surface area contributed by atoms with Gasteiger partial charge in [0.1, 0.15) is 11.5 Å². The van der Waals surface area contributed by atoms with Gasteiger partial charge in [-0.1, -0.05) is 0 Å². The Morgan fingerprint density at radius 2 is 2.17 bits per heavy atom. The van der Waals surface area contributed by atoms with Crippen LogP contribution in [0.2, 0.25) is 0 Å². The Bertz CT molecular complexity index is 644. The zero-order valence-electron chi connectivity index (χ0n) is 13.5. The van der Waals surface area contributed by atoms with Crippen LogP contribution in [0.15, 0.2) is 22.6 Å². The second-order valence-electron chi connectivity index (χ2n) is 5.87. The third-order valence-electron chi connectivity index (χ3n) is 4.20. The normalized spacial score (nSPS) is 15.5. The summed E-state index contributed by atoms with van der Waals surface area (Å²) >= 11 is 0. The molecule has 0 radical (unpaired) electrons. The number of carbonyl (C=O) groups is 1. The van der Waals surface area contributed by atoms with E-state index in [0.717, 1.165) is 43.9 Å². The van der Waals surface area contributed by atoms with E-state index in [1.165, 1.54) is 0 Å². The van der Waals surface area contributed by atoms with E-state index >= 15 is 0 Å². The molecule has 2 N–H and O–H groups in total. The standard InChI is InChI=1S/C16H22N4O2.ClH/c1-11-3-4-15(22-11)13-9-14(19-18-13)16(21)20-7-5-12(6-8-20)10-17-2;/h3-4,9,12,17H,5-8,10H2,1-2H3,(H,18,19);1H. The van der Waals surface area contributed by atoms with Crippen LogP contribution in [0, 0.1) is 12.8 Å². The van der Waals surface area contributed by atoms with Gasteiger partial charge in [0.2, 0.25) is 0 Å². The molecule has 0 saturated carbocycles. The molecular formula is C16H23ClN4O2. The van der Waals surface area contributed by atoms with Gasteiger partial charge in [0.05, 0.1) is 0 Å². The highest BCUT2D eigenvalue weighted by Crippen LogP contribution is 2.22. The molecule has 23 heavy (non-hydrogen) atoms. The molecule has 7 heteroatoms. The third-order valence-corrected chi connectivity index (χ3v) is 4.20. The number of furan rings is 1. The van der Waals surface area contributed by atoms with E-state index in [1.807, 2.05) is 31.0 Å². The van der Waals surface area contributed by atoms with Crippen LogP contribution in [0.5, 0.6) is 0 Å². The Hall–Kier alpha value is -1.79. The smallest absolute Gasteiger partial charge is 0.274 e. The zero-order valence-corrected chi connectivity index (χ0v) is 14.3. The van der Waals surface area contributed by atoms with Crippen molar-refractivity contribution in [2.75, 3.05) is 26.7 Å². The first kappa shape index (κ1) is 17.6. The molecule has 0 aromatic carbocycles. The van der Waals surface area contributed by atoms with Crippen LogP contribution in [0.4, 0.5) is 0 Å². The summed E-state index contributed by atoms with van der Waals surface area (Å²) in [6.45, 7) is 4.51. The number of likely N-dealkylation sites (tertiary alicyclic amines) is 1. The highest BCUT2D eigenvalue weighted by Gasteiger charge is 2.25. The first-order valence-electron chi connectivity index (χ1n) is 7.73. The van der Waals surface area contributed by atoms with Crippen LogP contribution in [0.1, 0.15) is 29.1 Å². The summed E-state index contributed by atoms with van der Waals surface area (Å²) in [5.74, 6) is 2.20. The second kappa shape index (κ2) is 7.66. The monoisotopic (exact) mass is 338 g/mol. The van der Waals surface area contributed by atoms with E-state index in [4.69, 9.17) is 4.42 Å². The van der Waals surface area contributed by atoms with Gasteiger partial charge in [-0.2, -0.15) is 5.10 Å². The van der Waals surface area contributed by atoms with Gasteiger partial charge in [-0.15, -0.1) is 12.4 Å². The van der Waals surface area contributed by atoms with E-state index in [2.05, 4.69) is 15.5 Å². The van der Waals surface area contributed by atoms with Crippen molar-refractivity contribution in [2.24, 2.45) is 5.92 Å². The molecule has 1 aliphatic rings. The number of piperidine rings is 1. The van der Waals surface area contributed by atoms with Crippen molar-refractivity contribution in [1.29, 1.82) is 0 Å². The minimum atomic E-state index is -0.00585. The fraction of sp³-hybridized carbons (Fsp3) is 0.500. The molecule has 1 amide bonds. The summed E-state index contributed by atoms with van der Waals surface area (Å²) in [5.41, 5.74) is 1.19. The van der Waals surface area contributed by atoms with Crippen molar-refractivity contribution in [3.8, 4) is 11.5 Å². The van der Waals surface area contributed by atoms with Crippen LogP contribution in [-0.4, -0.2) is 47.7 Å². The van der Waals surface area contributed by atoms with E-state index in [1.54, 1.807) is 6.07 Å². The lowest BCUT2D eigenvalue weighted by atomic mass is 9.96. The number of H-pyrrole nitrogens is 1. The van der Waals surface area contributed by atoms with E-state index in [-0.39, 0.29) is 18.3 Å². The fourth-order valence-electron chi connectivity index (χ4n) is 2.93. The van der Waals surface area contributed by atoms with Gasteiger partial charge in [0.15, 0.2) is 11.5 Å². The molecule has 0 atom stereocenters. The molecule has 0 unspecified atom stereocenters. The third kappa shape index (κ3) is 3.95. The van der Waals surface area contributed by atoms with Crippen molar-refractivity contribution in [1.82, 2.24) is 20.4 Å². The maximum atomic E-state index is 12.5. The fourth-order valence-corrected chi connectivity index (χ4v) is 2.93. The summed E-state index contributed by atoms with van der Waals surface area (Å²) < 4.78 is 5.55. The maximum absolute atomic E-state index is 12.5. The lowest BCUT2D eigenvalue weighted by molar-refractivity contribution is 0.0685. The number of aryl methyl sites for hydroxylation is 1. The summed E-state index contributed by atoms with van der Waals surface area (Å²) in [6, 6.07) is 5.53. The van der Waals surface area contributed by atoms with E-state index < -0.39 is 0 Å². The summed E-state index contributed by atoms with van der Waals surface area (Å²) in [7, 11) is 1.97. The molecule has 1 saturated heterocycles. The van der Waals surface area contributed by atoms with Gasteiger partial charge in [0, 0.05) is 19.2 Å². The van der Waals surface area contributed by atoms with Crippen LogP contribution < -0.4 is 5.32 Å². The summed E-state index contributed by atoms with van der Waals surface area (Å²) in [5, 5.41) is 10.2. The van der Waals surface area contributed by atoms with Crippen LogP contribution >= 0.6 is 12.4 Å². The highest BCUT2D eigenvalue weighted by atomic mass is 35.5. The zero-order chi connectivity index (χ0) is 15.5. The molecule has 2 aromatic rings. The molecule has 0 bridgehead atoms. The average molecular weight is 339 g/mol. The van der Waals surface area contributed by atoms with Crippen molar-refractivity contribution in [3.63, 3.8) is 0 Å². The Balaban J connectivity index is 0.00000192. The average Bonchev–Trinajstić information content (AvgIpc) is 3.16. The first-order chi connectivity index (χ1) is 10.7. The number of aromatic nitrogens is 2. The van der Waals surface area contributed by atoms with Crippen molar-refractivity contribution in [3.05, 3.63) is 29.7 Å². The van der Waals surface area contributed by atoms with Gasteiger partial charge in [-0.25, -0.2) is 0 Å². The topological polar surface area (TPSA) is 74.2 Å². The van der Waals surface area contributed by atoms with Crippen LogP contribution in [0.25, 0.3) is 11.5 Å². The predicted molar refractivity (Wildman–Crippen MR) is 90.8 cm³/mol. The summed E-state index contributed by atoms with van der Waals surface area (Å²) in [4.78, 5) is 14.4. The predicted octanol–water partition coefficient (Wildman–Crippen LogP) is 2.47. The minimum Gasteiger partial charge on any atom is -0.460 e. The van der Waals surface area contributed by atoms with Gasteiger partial charge in [-0.05, 0) is 51.4 Å². The molecule has 3 heterocycles. The molecule has 2 aromatic heterocycles. The SMILES string of the molecule is CNCC1CCN(C(=O)c2cc(-c3ccc(C)o3)[nH]n2)CC1.Cl. The lowest BCUT2D eigenvalue weighted by Gasteiger charge is -2.31. The summed E-state index contributed by atoms with van der Waals surface area (Å²) in [6.07, 6.45) is 2.09. The Kier molecular flexibility index (Phi) is 5.85. The molecule has 0 aliphatic carbocycles. The van der Waals surface area contributed by atoms with Gasteiger partial charge in [-0.3, -0.25) is 9.89 Å². The molecule has 1 aliphatic heterocycles. The maximum Gasteiger partial charge on any atom is 0.274 e. The quantitative estimate of drug-likeness (QED) is 0.898. The Morgan fingerprint density at radius 1 is 1.43 bits per heavy atom. The molecule has 126 valence electrons. The number of amides is 1. The highest BCUT2D eigenvalue weighted by molar-refractivity contribution is 5.93. The number of nitrogens with one attached hydrogen (secondary N) is 2. The number of aromatic amines is 1. The number of carbonyl (C=O) groups excluding carboxylic acids is 1. The van der Waals surface area contributed by atoms with Gasteiger partial charge < -0.3 is 14.6 Å². The number of nitrogens with zero attached hydrogens (tertiary/aromatic N) is 2. The largest absolute Gasteiger partial charge is 0.460 e. The van der Waals surface area contributed by atoms with E-state index in [9.17, 15) is 4.79 Å². The van der Waals surface area contributed by atoms with Crippen LogP contribution in [0.3, 0.4) is 0 Å². The van der Waals surface area contributed by atoms with Crippen molar-refractivity contribution < 1.29 is 9.21 Å². The van der Waals surface area contributed by atoms with Crippen molar-refractivity contribution >= 4 is 18.3 Å². The first-order valence-corrected chi connectivity index (χ1v) is 7.73. The van der Waals surface area contributed by atoms with E-state index in [0.29, 0.717) is 17.4 Å². The van der Waals surface area contributed by atoms with Crippen LogP contribution in [-0.2, 0) is 0 Å². The molecule has 0 spiro atoms. The minimum absolute atomic E-state index is 0. The molecular weight excluding hydrogens is 316 g/mol. The lowest BCUT2D eigenvalue weighted by Crippen LogP contribution is -2.40. The molecule has 1 fully saturated rings. The molecule has 3 rings (SSSR count). The second-order valence-corrected chi connectivity index (χ2v) is 5.87. The number of rotatable bonds is 4. The van der Waals surface area contributed by atoms with Gasteiger partial charge in [0.25, 0.3) is 5.91 Å². The molecule has 6 nitrogen and oxygen atoms in total. The number of hydrogen-bond donors (Lipinski definition) is 2. The van der Waals surface area contributed by atoms with Crippen molar-refractivity contribution in [2.45, 2.75) is 19.8 Å². The Labute approximate surface area is 142 Å².